The smallest absolute Gasteiger partial charge is 0.0890 e. The molecule has 0 bridgehead atoms. The molecule has 0 aliphatic carbocycles. The van der Waals surface area contributed by atoms with Crippen molar-refractivity contribution in [1.29, 1.82) is 0 Å². The van der Waals surface area contributed by atoms with Crippen LogP contribution >= 0.6 is 22.9 Å². The molecule has 1 nitrogen and oxygen atoms in total. The highest BCUT2D eigenvalue weighted by atomic mass is 35.5. The van der Waals surface area contributed by atoms with Crippen LogP contribution in [0.15, 0.2) is 54.0 Å². The Morgan fingerprint density at radius 2 is 1.53 bits per heavy atom. The average molecular weight is 286 g/mol. The first-order chi connectivity index (χ1) is 9.24. The van der Waals surface area contributed by atoms with Crippen molar-refractivity contribution in [1.82, 2.24) is 4.98 Å². The summed E-state index contributed by atoms with van der Waals surface area (Å²) in [4.78, 5) is 5.69. The molecular formula is C16H12ClNS. The molecule has 0 atom stereocenters. The number of thiazole rings is 1. The van der Waals surface area contributed by atoms with Gasteiger partial charge in [0.05, 0.1) is 16.1 Å². The van der Waals surface area contributed by atoms with Crippen LogP contribution in [0.4, 0.5) is 0 Å². The van der Waals surface area contributed by atoms with Crippen LogP contribution in [0, 0.1) is 6.92 Å². The zero-order valence-corrected chi connectivity index (χ0v) is 12.0. The zero-order valence-electron chi connectivity index (χ0n) is 10.4. The third kappa shape index (κ3) is 2.55. The Kier molecular flexibility index (Phi) is 3.36. The van der Waals surface area contributed by atoms with Crippen molar-refractivity contribution in [2.24, 2.45) is 0 Å². The number of halogens is 1. The van der Waals surface area contributed by atoms with Crippen LogP contribution < -0.4 is 0 Å². The maximum atomic E-state index is 5.93. The van der Waals surface area contributed by atoms with Gasteiger partial charge in [-0.3, -0.25) is 0 Å². The van der Waals surface area contributed by atoms with E-state index in [4.69, 9.17) is 11.6 Å². The van der Waals surface area contributed by atoms with Gasteiger partial charge in [-0.1, -0.05) is 53.6 Å². The van der Waals surface area contributed by atoms with Crippen molar-refractivity contribution in [2.45, 2.75) is 6.92 Å². The van der Waals surface area contributed by atoms with Gasteiger partial charge in [0.2, 0.25) is 0 Å². The Hall–Kier alpha value is -1.64. The van der Waals surface area contributed by atoms with Crippen molar-refractivity contribution in [3.05, 3.63) is 64.6 Å². The van der Waals surface area contributed by atoms with E-state index in [2.05, 4.69) is 36.2 Å². The summed E-state index contributed by atoms with van der Waals surface area (Å²) in [7, 11) is 0. The van der Waals surface area contributed by atoms with Crippen molar-refractivity contribution >= 4 is 22.9 Å². The van der Waals surface area contributed by atoms with Crippen molar-refractivity contribution in [2.75, 3.05) is 0 Å². The molecule has 2 aromatic carbocycles. The fraction of sp³-hybridized carbons (Fsp3) is 0.0625. The Labute approximate surface area is 121 Å². The van der Waals surface area contributed by atoms with Crippen LogP contribution in [-0.4, -0.2) is 4.98 Å². The maximum absolute atomic E-state index is 5.93. The fourth-order valence-electron chi connectivity index (χ4n) is 1.97. The maximum Gasteiger partial charge on any atom is 0.0890 e. The minimum absolute atomic E-state index is 0.746. The standard InChI is InChI=1S/C16H12ClNS/c1-11-2-4-13(5-3-11)16-15(18-10-19-16)12-6-8-14(17)9-7-12/h2-10H,1H3. The van der Waals surface area contributed by atoms with Gasteiger partial charge in [-0.15, -0.1) is 11.3 Å². The van der Waals surface area contributed by atoms with E-state index in [0.29, 0.717) is 0 Å². The molecule has 0 spiro atoms. The van der Waals surface area contributed by atoms with E-state index >= 15 is 0 Å². The molecule has 3 rings (SSSR count). The first-order valence-electron chi connectivity index (χ1n) is 6.00. The molecule has 1 heterocycles. The normalized spacial score (nSPS) is 10.6. The zero-order chi connectivity index (χ0) is 13.2. The molecule has 94 valence electrons. The van der Waals surface area contributed by atoms with E-state index in [-0.39, 0.29) is 0 Å². The van der Waals surface area contributed by atoms with Gasteiger partial charge in [0.15, 0.2) is 0 Å². The van der Waals surface area contributed by atoms with Gasteiger partial charge in [-0.25, -0.2) is 4.98 Å². The molecule has 3 heteroatoms. The second kappa shape index (κ2) is 5.16. The summed E-state index contributed by atoms with van der Waals surface area (Å²) in [6.45, 7) is 2.09. The number of aromatic nitrogens is 1. The second-order valence-corrected chi connectivity index (χ2v) is 5.69. The van der Waals surface area contributed by atoms with Gasteiger partial charge >= 0.3 is 0 Å². The lowest BCUT2D eigenvalue weighted by molar-refractivity contribution is 1.40. The predicted molar refractivity (Wildman–Crippen MR) is 82.7 cm³/mol. The lowest BCUT2D eigenvalue weighted by Crippen LogP contribution is -1.82. The summed E-state index contributed by atoms with van der Waals surface area (Å²) in [5, 5.41) is 0.746. The van der Waals surface area contributed by atoms with E-state index in [1.54, 1.807) is 11.3 Å². The molecule has 0 amide bonds. The number of hydrogen-bond donors (Lipinski definition) is 0. The molecule has 0 saturated heterocycles. The van der Waals surface area contributed by atoms with Gasteiger partial charge in [-0.05, 0) is 24.6 Å². The highest BCUT2D eigenvalue weighted by molar-refractivity contribution is 7.13. The van der Waals surface area contributed by atoms with Gasteiger partial charge in [0.1, 0.15) is 0 Å². The SMILES string of the molecule is Cc1ccc(-c2scnc2-c2ccc(Cl)cc2)cc1. The summed E-state index contributed by atoms with van der Waals surface area (Å²) < 4.78 is 0. The number of hydrogen-bond acceptors (Lipinski definition) is 2. The molecule has 19 heavy (non-hydrogen) atoms. The van der Waals surface area contributed by atoms with Crippen molar-refractivity contribution < 1.29 is 0 Å². The second-order valence-electron chi connectivity index (χ2n) is 4.40. The number of aryl methyl sites for hydroxylation is 1. The molecule has 0 aliphatic heterocycles. The fourth-order valence-corrected chi connectivity index (χ4v) is 2.91. The van der Waals surface area contributed by atoms with E-state index < -0.39 is 0 Å². The first-order valence-corrected chi connectivity index (χ1v) is 7.26. The predicted octanol–water partition coefficient (Wildman–Crippen LogP) is 5.44. The molecule has 0 unspecified atom stereocenters. The van der Waals surface area contributed by atoms with Crippen LogP contribution in [0.25, 0.3) is 21.7 Å². The Morgan fingerprint density at radius 3 is 2.21 bits per heavy atom. The minimum Gasteiger partial charge on any atom is -0.244 e. The molecule has 0 aliphatic rings. The first kappa shape index (κ1) is 12.4. The Balaban J connectivity index is 2.07. The van der Waals surface area contributed by atoms with E-state index in [1.807, 2.05) is 29.8 Å². The van der Waals surface area contributed by atoms with Crippen LogP contribution in [0.1, 0.15) is 5.56 Å². The minimum atomic E-state index is 0.746. The topological polar surface area (TPSA) is 12.9 Å². The summed E-state index contributed by atoms with van der Waals surface area (Å²) in [5.41, 5.74) is 6.48. The molecule has 0 fully saturated rings. The highest BCUT2D eigenvalue weighted by Gasteiger charge is 2.10. The van der Waals surface area contributed by atoms with E-state index in [0.717, 1.165) is 16.3 Å². The lowest BCUT2D eigenvalue weighted by Gasteiger charge is -2.03. The molecule has 0 radical (unpaired) electrons. The highest BCUT2D eigenvalue weighted by Crippen LogP contribution is 2.34. The molecule has 0 N–H and O–H groups in total. The molecule has 0 saturated carbocycles. The summed E-state index contributed by atoms with van der Waals surface area (Å²) in [6, 6.07) is 16.3. The van der Waals surface area contributed by atoms with Crippen LogP contribution in [0.2, 0.25) is 5.02 Å². The summed E-state index contributed by atoms with van der Waals surface area (Å²) >= 11 is 7.59. The largest absolute Gasteiger partial charge is 0.244 e. The van der Waals surface area contributed by atoms with Crippen molar-refractivity contribution in [3.63, 3.8) is 0 Å². The monoisotopic (exact) mass is 285 g/mol. The number of rotatable bonds is 2. The van der Waals surface area contributed by atoms with Gasteiger partial charge in [0, 0.05) is 10.6 Å². The van der Waals surface area contributed by atoms with Crippen LogP contribution in [0.5, 0.6) is 0 Å². The van der Waals surface area contributed by atoms with Crippen LogP contribution in [0.3, 0.4) is 0 Å². The van der Waals surface area contributed by atoms with Crippen LogP contribution in [-0.2, 0) is 0 Å². The van der Waals surface area contributed by atoms with Gasteiger partial charge in [-0.2, -0.15) is 0 Å². The Morgan fingerprint density at radius 1 is 0.895 bits per heavy atom. The van der Waals surface area contributed by atoms with Gasteiger partial charge < -0.3 is 0 Å². The molecule has 3 aromatic rings. The summed E-state index contributed by atoms with van der Waals surface area (Å²) in [5.74, 6) is 0. The Bertz CT molecular complexity index is 624. The van der Waals surface area contributed by atoms with Crippen molar-refractivity contribution in [3.8, 4) is 21.7 Å². The molecule has 1 aromatic heterocycles. The quantitative estimate of drug-likeness (QED) is 0.611. The van der Waals surface area contributed by atoms with Gasteiger partial charge in [0.25, 0.3) is 0 Å². The molecular weight excluding hydrogens is 274 g/mol. The third-order valence-electron chi connectivity index (χ3n) is 3.00. The number of benzene rings is 2. The third-order valence-corrected chi connectivity index (χ3v) is 4.13. The van der Waals surface area contributed by atoms with E-state index in [1.165, 1.54) is 16.0 Å². The number of nitrogens with zero attached hydrogens (tertiary/aromatic N) is 1. The average Bonchev–Trinajstić information content (AvgIpc) is 2.90. The summed E-state index contributed by atoms with van der Waals surface area (Å²) in [6.07, 6.45) is 0. The lowest BCUT2D eigenvalue weighted by atomic mass is 10.1. The van der Waals surface area contributed by atoms with E-state index in [9.17, 15) is 0 Å².